The van der Waals surface area contributed by atoms with E-state index in [4.69, 9.17) is 16.3 Å². The van der Waals surface area contributed by atoms with Crippen molar-refractivity contribution in [3.63, 3.8) is 0 Å². The van der Waals surface area contributed by atoms with Crippen LogP contribution in [0.25, 0.3) is 0 Å². The molecule has 7 nitrogen and oxygen atoms in total. The summed E-state index contributed by atoms with van der Waals surface area (Å²) in [4.78, 5) is 9.98. The number of aryl methyl sites for hydroxylation is 1. The monoisotopic (exact) mass is 396 g/mol. The van der Waals surface area contributed by atoms with Gasteiger partial charge in [-0.15, -0.1) is 0 Å². The topological polar surface area (TPSA) is 98.5 Å². The number of ether oxygens (including phenoxy) is 1. The summed E-state index contributed by atoms with van der Waals surface area (Å²) < 4.78 is 33.9. The van der Waals surface area contributed by atoms with Crippen molar-refractivity contribution in [2.24, 2.45) is 0 Å². The molecule has 2 aromatic rings. The Labute approximate surface area is 156 Å². The van der Waals surface area contributed by atoms with Crippen molar-refractivity contribution in [2.75, 3.05) is 4.72 Å². The third-order valence-electron chi connectivity index (χ3n) is 4.13. The van der Waals surface area contributed by atoms with E-state index in [2.05, 4.69) is 4.72 Å². The maximum atomic E-state index is 12.8. The van der Waals surface area contributed by atoms with Crippen molar-refractivity contribution in [3.05, 3.63) is 56.6 Å². The minimum atomic E-state index is -4.21. The zero-order valence-electron chi connectivity index (χ0n) is 14.4. The van der Waals surface area contributed by atoms with Crippen LogP contribution in [0, 0.1) is 17.0 Å². The molecule has 0 saturated heterocycles. The molecule has 0 aliphatic carbocycles. The highest BCUT2D eigenvalue weighted by atomic mass is 35.5. The summed E-state index contributed by atoms with van der Waals surface area (Å²) in [7, 11) is -4.21. The number of nitrogens with zero attached hydrogens (tertiary/aromatic N) is 1. The lowest BCUT2D eigenvalue weighted by Gasteiger charge is -2.18. The maximum absolute atomic E-state index is 12.8. The van der Waals surface area contributed by atoms with Crippen LogP contribution in [0.15, 0.2) is 35.2 Å². The fourth-order valence-electron chi connectivity index (χ4n) is 2.94. The molecule has 0 unspecified atom stereocenters. The molecule has 1 heterocycles. The van der Waals surface area contributed by atoms with Crippen LogP contribution in [0.5, 0.6) is 5.75 Å². The van der Waals surface area contributed by atoms with Crippen molar-refractivity contribution < 1.29 is 18.1 Å². The van der Waals surface area contributed by atoms with E-state index in [1.807, 2.05) is 20.8 Å². The van der Waals surface area contributed by atoms with Crippen LogP contribution in [0.1, 0.15) is 25.0 Å². The second-order valence-corrected chi connectivity index (χ2v) is 8.84. The molecular weight excluding hydrogens is 380 g/mol. The number of hydrogen-bond acceptors (Lipinski definition) is 5. The first-order chi connectivity index (χ1) is 12.0. The number of benzene rings is 2. The van der Waals surface area contributed by atoms with Gasteiger partial charge >= 0.3 is 0 Å². The molecular formula is C17H17ClN2O5S. The van der Waals surface area contributed by atoms with Gasteiger partial charge in [0.2, 0.25) is 0 Å². The summed E-state index contributed by atoms with van der Waals surface area (Å²) >= 11 is 5.76. The van der Waals surface area contributed by atoms with Crippen molar-refractivity contribution >= 4 is 33.0 Å². The van der Waals surface area contributed by atoms with E-state index in [9.17, 15) is 18.5 Å². The van der Waals surface area contributed by atoms with E-state index in [1.165, 1.54) is 6.07 Å². The van der Waals surface area contributed by atoms with Crippen LogP contribution < -0.4 is 9.46 Å². The number of sulfonamides is 1. The predicted octanol–water partition coefficient (Wildman–Crippen LogP) is 4.07. The average molecular weight is 397 g/mol. The third-order valence-corrected chi connectivity index (χ3v) is 5.78. The Hall–Kier alpha value is -2.32. The number of rotatable bonds is 4. The lowest BCUT2D eigenvalue weighted by atomic mass is 9.98. The zero-order chi connectivity index (χ0) is 19.3. The van der Waals surface area contributed by atoms with Gasteiger partial charge < -0.3 is 4.74 Å². The van der Waals surface area contributed by atoms with Crippen LogP contribution in [0.3, 0.4) is 0 Å². The molecule has 0 saturated carbocycles. The second kappa shape index (κ2) is 6.14. The smallest absolute Gasteiger partial charge is 0.291 e. The molecule has 0 bridgehead atoms. The van der Waals surface area contributed by atoms with Crippen LogP contribution in [0.2, 0.25) is 5.02 Å². The largest absolute Gasteiger partial charge is 0.485 e. The molecule has 9 heteroatoms. The Bertz CT molecular complexity index is 1020. The Morgan fingerprint density at radius 3 is 2.62 bits per heavy atom. The minimum absolute atomic E-state index is 0.0805. The Kier molecular flexibility index (Phi) is 4.36. The van der Waals surface area contributed by atoms with E-state index in [0.29, 0.717) is 12.2 Å². The Morgan fingerprint density at radius 1 is 1.27 bits per heavy atom. The SMILES string of the molecule is Cc1ccc(NS(=O)(=O)c2ccc(Cl)cc2[N+](=O)[O-])c2c1CC(C)(C)O2. The molecule has 2 aromatic carbocycles. The van der Waals surface area contributed by atoms with Gasteiger partial charge in [0.25, 0.3) is 15.7 Å². The van der Waals surface area contributed by atoms with Crippen LogP contribution >= 0.6 is 11.6 Å². The lowest BCUT2D eigenvalue weighted by molar-refractivity contribution is -0.387. The van der Waals surface area contributed by atoms with Gasteiger partial charge in [-0.3, -0.25) is 14.8 Å². The molecule has 138 valence electrons. The molecule has 0 fully saturated rings. The van der Waals surface area contributed by atoms with Gasteiger partial charge in [0.1, 0.15) is 11.4 Å². The summed E-state index contributed by atoms with van der Waals surface area (Å²) in [5, 5.41) is 11.3. The van der Waals surface area contributed by atoms with Crippen LogP contribution in [0.4, 0.5) is 11.4 Å². The number of nitrogens with one attached hydrogen (secondary N) is 1. The number of nitro groups is 1. The summed E-state index contributed by atoms with van der Waals surface area (Å²) in [5.41, 5.74) is 1.11. The summed E-state index contributed by atoms with van der Waals surface area (Å²) in [6, 6.07) is 6.80. The Balaban J connectivity index is 2.06. The van der Waals surface area contributed by atoms with Gasteiger partial charge in [-0.25, -0.2) is 8.42 Å². The van der Waals surface area contributed by atoms with Crippen molar-refractivity contribution in [3.8, 4) is 5.75 Å². The number of halogens is 1. The quantitative estimate of drug-likeness (QED) is 0.620. The summed E-state index contributed by atoms with van der Waals surface area (Å²) in [6.45, 7) is 5.75. The van der Waals surface area contributed by atoms with Gasteiger partial charge in [-0.2, -0.15) is 0 Å². The molecule has 0 amide bonds. The van der Waals surface area contributed by atoms with Gasteiger partial charge in [0, 0.05) is 23.1 Å². The van der Waals surface area contributed by atoms with Crippen molar-refractivity contribution in [2.45, 2.75) is 37.7 Å². The molecule has 0 aromatic heterocycles. The molecule has 26 heavy (non-hydrogen) atoms. The average Bonchev–Trinajstić information content (AvgIpc) is 2.86. The highest BCUT2D eigenvalue weighted by Crippen LogP contribution is 2.43. The van der Waals surface area contributed by atoms with E-state index < -0.39 is 31.1 Å². The lowest BCUT2D eigenvalue weighted by Crippen LogP contribution is -2.25. The first-order valence-electron chi connectivity index (χ1n) is 7.78. The summed E-state index contributed by atoms with van der Waals surface area (Å²) in [5.74, 6) is 0.454. The number of fused-ring (bicyclic) bond motifs is 1. The number of hydrogen-bond donors (Lipinski definition) is 1. The minimum Gasteiger partial charge on any atom is -0.485 e. The Morgan fingerprint density at radius 2 is 1.96 bits per heavy atom. The van der Waals surface area contributed by atoms with E-state index >= 15 is 0 Å². The van der Waals surface area contributed by atoms with Gasteiger partial charge in [0.05, 0.1) is 10.6 Å². The van der Waals surface area contributed by atoms with Crippen molar-refractivity contribution in [1.29, 1.82) is 0 Å². The van der Waals surface area contributed by atoms with E-state index in [-0.39, 0.29) is 10.7 Å². The number of anilines is 1. The molecule has 0 radical (unpaired) electrons. The fraction of sp³-hybridized carbons (Fsp3) is 0.294. The van der Waals surface area contributed by atoms with Crippen LogP contribution in [-0.4, -0.2) is 18.9 Å². The molecule has 0 atom stereocenters. The van der Waals surface area contributed by atoms with Crippen LogP contribution in [-0.2, 0) is 16.4 Å². The normalized spacial score (nSPS) is 15.2. The predicted molar refractivity (Wildman–Crippen MR) is 98.5 cm³/mol. The zero-order valence-corrected chi connectivity index (χ0v) is 15.9. The first kappa shape index (κ1) is 18.5. The number of nitro benzene ring substituents is 1. The summed E-state index contributed by atoms with van der Waals surface area (Å²) in [6.07, 6.45) is 0.644. The fourth-order valence-corrected chi connectivity index (χ4v) is 4.32. The first-order valence-corrected chi connectivity index (χ1v) is 9.64. The molecule has 1 N–H and O–H groups in total. The van der Waals surface area contributed by atoms with Gasteiger partial charge in [-0.1, -0.05) is 17.7 Å². The molecule has 0 spiro atoms. The van der Waals surface area contributed by atoms with Gasteiger partial charge in [0.15, 0.2) is 4.90 Å². The standard InChI is InChI=1S/C17H17ClN2O5S/c1-10-4-6-13(16-12(10)9-17(2,3)25-16)19-26(23,24)15-7-5-11(18)8-14(15)20(21)22/h4-8,19H,9H2,1-3H3. The molecule has 3 rings (SSSR count). The maximum Gasteiger partial charge on any atom is 0.291 e. The third kappa shape index (κ3) is 3.34. The highest BCUT2D eigenvalue weighted by molar-refractivity contribution is 7.92. The van der Waals surface area contributed by atoms with Crippen molar-refractivity contribution in [1.82, 2.24) is 0 Å². The van der Waals surface area contributed by atoms with E-state index in [1.54, 1.807) is 12.1 Å². The van der Waals surface area contributed by atoms with Gasteiger partial charge in [-0.05, 0) is 44.5 Å². The van der Waals surface area contributed by atoms with E-state index in [0.717, 1.165) is 23.3 Å². The highest BCUT2D eigenvalue weighted by Gasteiger charge is 2.35. The molecule has 1 aliphatic rings. The second-order valence-electron chi connectivity index (χ2n) is 6.75. The molecule has 1 aliphatic heterocycles.